The number of halogens is 2. The van der Waals surface area contributed by atoms with E-state index >= 15 is 0 Å². The number of benzene rings is 2. The highest BCUT2D eigenvalue weighted by Crippen LogP contribution is 2.19. The zero-order valence-electron chi connectivity index (χ0n) is 18.0. The van der Waals surface area contributed by atoms with Gasteiger partial charge in [-0.05, 0) is 48.9 Å². The van der Waals surface area contributed by atoms with Crippen molar-refractivity contribution < 1.29 is 14.0 Å². The lowest BCUT2D eigenvalue weighted by Crippen LogP contribution is -2.41. The molecule has 0 saturated carbocycles. The Labute approximate surface area is 189 Å². The molecule has 0 atom stereocenters. The minimum atomic E-state index is -0.390. The van der Waals surface area contributed by atoms with E-state index in [1.165, 1.54) is 48.4 Å². The molecule has 0 radical (unpaired) electrons. The highest BCUT2D eigenvalue weighted by Gasteiger charge is 2.16. The lowest BCUT2D eigenvalue weighted by molar-refractivity contribution is -0.121. The fraction of sp³-hybridized carbons (Fsp3) is 0.417. The summed E-state index contributed by atoms with van der Waals surface area (Å²) in [4.78, 5) is 26.4. The molecule has 3 amide bonds. The normalized spacial score (nSPS) is 10.5. The molecule has 2 aromatic carbocycles. The van der Waals surface area contributed by atoms with Gasteiger partial charge >= 0.3 is 6.03 Å². The summed E-state index contributed by atoms with van der Waals surface area (Å²) in [5.74, 6) is -0.406. The molecule has 2 N–H and O–H groups in total. The Morgan fingerprint density at radius 3 is 2.42 bits per heavy atom. The number of anilines is 2. The fourth-order valence-corrected chi connectivity index (χ4v) is 3.38. The number of nitrogens with zero attached hydrogens (tertiary/aromatic N) is 1. The highest BCUT2D eigenvalue weighted by atomic mass is 35.5. The van der Waals surface area contributed by atoms with Crippen molar-refractivity contribution in [3.05, 3.63) is 59.4 Å². The minimum absolute atomic E-state index is 0.0233. The quantitative estimate of drug-likeness (QED) is 0.370. The molecule has 7 heteroatoms. The molecule has 0 aliphatic heterocycles. The molecule has 0 saturated heterocycles. The molecular weight excluding hydrogens is 417 g/mol. The van der Waals surface area contributed by atoms with Crippen LogP contribution in [0, 0.1) is 5.82 Å². The van der Waals surface area contributed by atoms with Crippen molar-refractivity contribution in [2.24, 2.45) is 0 Å². The van der Waals surface area contributed by atoms with Crippen molar-refractivity contribution >= 4 is 34.9 Å². The standard InChI is InChI=1S/C24H31ClFN3O2/c1-2-3-4-5-6-7-11-23(30)27-16-17-29(22-14-12-20(26)13-15-22)24(31)28-21-10-8-9-19(25)18-21/h8-10,12-15,18H,2-7,11,16-17H2,1H3,(H,27,30)(H,28,31). The van der Waals surface area contributed by atoms with E-state index < -0.39 is 0 Å². The van der Waals surface area contributed by atoms with E-state index in [0.29, 0.717) is 29.4 Å². The smallest absolute Gasteiger partial charge is 0.326 e. The minimum Gasteiger partial charge on any atom is -0.354 e. The molecule has 0 bridgehead atoms. The van der Waals surface area contributed by atoms with Crippen molar-refractivity contribution in [3.63, 3.8) is 0 Å². The number of rotatable bonds is 12. The van der Waals surface area contributed by atoms with Crippen LogP contribution in [0.15, 0.2) is 48.5 Å². The zero-order chi connectivity index (χ0) is 22.5. The molecule has 0 aliphatic carbocycles. The van der Waals surface area contributed by atoms with Gasteiger partial charge in [-0.2, -0.15) is 0 Å². The van der Waals surface area contributed by atoms with Gasteiger partial charge in [0.25, 0.3) is 0 Å². The van der Waals surface area contributed by atoms with Crippen molar-refractivity contribution in [1.82, 2.24) is 5.32 Å². The Bertz CT molecular complexity index is 830. The fourth-order valence-electron chi connectivity index (χ4n) is 3.19. The van der Waals surface area contributed by atoms with Crippen LogP contribution in [0.2, 0.25) is 5.02 Å². The van der Waals surface area contributed by atoms with Gasteiger partial charge < -0.3 is 10.6 Å². The maximum absolute atomic E-state index is 13.3. The van der Waals surface area contributed by atoms with Gasteiger partial charge in [0.15, 0.2) is 0 Å². The summed E-state index contributed by atoms with van der Waals surface area (Å²) in [6, 6.07) is 12.1. The topological polar surface area (TPSA) is 61.4 Å². The third-order valence-corrected chi connectivity index (χ3v) is 5.11. The van der Waals surface area contributed by atoms with E-state index in [1.807, 2.05) is 0 Å². The average Bonchev–Trinajstić information content (AvgIpc) is 2.74. The molecular formula is C24H31ClFN3O2. The van der Waals surface area contributed by atoms with Crippen LogP contribution in [0.25, 0.3) is 0 Å². The van der Waals surface area contributed by atoms with Crippen molar-refractivity contribution in [2.75, 3.05) is 23.3 Å². The van der Waals surface area contributed by atoms with E-state index in [4.69, 9.17) is 11.6 Å². The first kappa shape index (κ1) is 24.7. The van der Waals surface area contributed by atoms with Gasteiger partial charge in [-0.1, -0.05) is 56.7 Å². The summed E-state index contributed by atoms with van der Waals surface area (Å²) >= 11 is 5.98. The number of unbranched alkanes of at least 4 members (excludes halogenated alkanes) is 5. The molecule has 0 aliphatic rings. The third-order valence-electron chi connectivity index (χ3n) is 4.87. The Kier molecular flexibility index (Phi) is 10.9. The number of amides is 3. The van der Waals surface area contributed by atoms with E-state index in [9.17, 15) is 14.0 Å². The van der Waals surface area contributed by atoms with E-state index in [1.54, 1.807) is 24.3 Å². The molecule has 0 unspecified atom stereocenters. The van der Waals surface area contributed by atoms with Crippen LogP contribution < -0.4 is 15.5 Å². The molecule has 31 heavy (non-hydrogen) atoms. The van der Waals surface area contributed by atoms with Crippen molar-refractivity contribution in [1.29, 1.82) is 0 Å². The van der Waals surface area contributed by atoms with Crippen LogP contribution in [-0.4, -0.2) is 25.0 Å². The number of carbonyl (C=O) groups excluding carboxylic acids is 2. The van der Waals surface area contributed by atoms with Crippen LogP contribution in [0.1, 0.15) is 51.9 Å². The van der Waals surface area contributed by atoms with Gasteiger partial charge in [-0.3, -0.25) is 9.69 Å². The van der Waals surface area contributed by atoms with Crippen LogP contribution in [0.5, 0.6) is 0 Å². The van der Waals surface area contributed by atoms with Gasteiger partial charge in [0.05, 0.1) is 0 Å². The largest absolute Gasteiger partial charge is 0.354 e. The molecule has 2 aromatic rings. The molecule has 0 fully saturated rings. The van der Waals surface area contributed by atoms with Gasteiger partial charge in [0.1, 0.15) is 5.82 Å². The SMILES string of the molecule is CCCCCCCCC(=O)NCCN(C(=O)Nc1cccc(Cl)c1)c1ccc(F)cc1. The summed E-state index contributed by atoms with van der Waals surface area (Å²) in [6.07, 6.45) is 7.22. The Morgan fingerprint density at radius 1 is 1.00 bits per heavy atom. The predicted octanol–water partition coefficient (Wildman–Crippen LogP) is 6.38. The van der Waals surface area contributed by atoms with Crippen LogP contribution in [0.3, 0.4) is 0 Å². The summed E-state index contributed by atoms with van der Waals surface area (Å²) < 4.78 is 13.3. The maximum atomic E-state index is 13.3. The molecule has 0 spiro atoms. The summed E-state index contributed by atoms with van der Waals surface area (Å²) in [5.41, 5.74) is 1.09. The van der Waals surface area contributed by atoms with E-state index in [0.717, 1.165) is 19.3 Å². The first-order valence-corrected chi connectivity index (χ1v) is 11.2. The summed E-state index contributed by atoms with van der Waals surface area (Å²) in [5, 5.41) is 6.16. The zero-order valence-corrected chi connectivity index (χ0v) is 18.8. The van der Waals surface area contributed by atoms with E-state index in [2.05, 4.69) is 17.6 Å². The van der Waals surface area contributed by atoms with Crippen molar-refractivity contribution in [2.45, 2.75) is 51.9 Å². The Hall–Kier alpha value is -2.60. The van der Waals surface area contributed by atoms with Gasteiger partial charge in [0, 0.05) is 35.9 Å². The number of nitrogens with one attached hydrogen (secondary N) is 2. The van der Waals surface area contributed by atoms with Gasteiger partial charge in [-0.15, -0.1) is 0 Å². The average molecular weight is 448 g/mol. The summed E-state index contributed by atoms with van der Waals surface area (Å²) in [7, 11) is 0. The third kappa shape index (κ3) is 9.39. The molecule has 0 heterocycles. The molecule has 168 valence electrons. The van der Waals surface area contributed by atoms with E-state index in [-0.39, 0.29) is 24.3 Å². The number of carbonyl (C=O) groups is 2. The number of urea groups is 1. The predicted molar refractivity (Wildman–Crippen MR) is 125 cm³/mol. The Morgan fingerprint density at radius 2 is 1.71 bits per heavy atom. The second kappa shape index (κ2) is 13.7. The lowest BCUT2D eigenvalue weighted by atomic mass is 10.1. The first-order chi connectivity index (χ1) is 15.0. The first-order valence-electron chi connectivity index (χ1n) is 10.9. The van der Waals surface area contributed by atoms with Gasteiger partial charge in [-0.25, -0.2) is 9.18 Å². The van der Waals surface area contributed by atoms with Crippen molar-refractivity contribution in [3.8, 4) is 0 Å². The monoisotopic (exact) mass is 447 g/mol. The summed E-state index contributed by atoms with van der Waals surface area (Å²) in [6.45, 7) is 2.73. The molecule has 5 nitrogen and oxygen atoms in total. The second-order valence-corrected chi connectivity index (χ2v) is 7.87. The van der Waals surface area contributed by atoms with Crippen LogP contribution in [0.4, 0.5) is 20.6 Å². The Balaban J connectivity index is 1.88. The molecule has 2 rings (SSSR count). The van der Waals surface area contributed by atoms with Crippen LogP contribution in [-0.2, 0) is 4.79 Å². The van der Waals surface area contributed by atoms with Gasteiger partial charge in [0.2, 0.25) is 5.91 Å². The highest BCUT2D eigenvalue weighted by molar-refractivity contribution is 6.30. The number of hydrogen-bond acceptors (Lipinski definition) is 2. The number of hydrogen-bond donors (Lipinski definition) is 2. The second-order valence-electron chi connectivity index (χ2n) is 7.44. The van der Waals surface area contributed by atoms with Crippen LogP contribution >= 0.6 is 11.6 Å². The molecule has 0 aromatic heterocycles. The maximum Gasteiger partial charge on any atom is 0.326 e. The lowest BCUT2D eigenvalue weighted by Gasteiger charge is -2.23.